The number of hydrogen-bond acceptors (Lipinski definition) is 4. The van der Waals surface area contributed by atoms with Crippen LogP contribution in [0.2, 0.25) is 0 Å². The zero-order chi connectivity index (χ0) is 36.6. The van der Waals surface area contributed by atoms with Crippen LogP contribution in [0.15, 0.2) is 127 Å². The Morgan fingerprint density at radius 1 is 0.647 bits per heavy atom. The number of rotatable bonds is 11. The first-order valence-corrected chi connectivity index (χ1v) is 15.6. The minimum absolute atomic E-state index is 0.105. The van der Waals surface area contributed by atoms with Crippen LogP contribution in [0.4, 0.5) is 32.0 Å². The zero-order valence-corrected chi connectivity index (χ0v) is 26.7. The predicted octanol–water partition coefficient (Wildman–Crippen LogP) is 9.30. The summed E-state index contributed by atoms with van der Waals surface area (Å²) in [6.45, 7) is -1.80. The molecule has 0 aliphatic carbocycles. The number of carbonyl (C=O) groups excluding carboxylic acids is 3. The van der Waals surface area contributed by atoms with Crippen molar-refractivity contribution in [1.29, 1.82) is 0 Å². The molecule has 5 aromatic rings. The van der Waals surface area contributed by atoms with Gasteiger partial charge in [0.1, 0.15) is 6.54 Å². The average molecular weight is 705 g/mol. The van der Waals surface area contributed by atoms with Crippen LogP contribution in [0, 0.1) is 0 Å². The molecule has 5 aromatic carbocycles. The highest BCUT2D eigenvalue weighted by Gasteiger charge is 2.32. The van der Waals surface area contributed by atoms with Crippen molar-refractivity contribution in [3.8, 4) is 22.3 Å². The van der Waals surface area contributed by atoms with E-state index in [9.17, 15) is 40.7 Å². The summed E-state index contributed by atoms with van der Waals surface area (Å²) >= 11 is 0. The van der Waals surface area contributed by atoms with Crippen molar-refractivity contribution in [1.82, 2.24) is 5.32 Å². The summed E-state index contributed by atoms with van der Waals surface area (Å²) in [5.74, 6) is -3.23. The molecule has 0 aromatic heterocycles. The summed E-state index contributed by atoms with van der Waals surface area (Å²) in [7, 11) is 0. The average Bonchev–Trinajstić information content (AvgIpc) is 3.12. The highest BCUT2D eigenvalue weighted by Crippen LogP contribution is 2.33. The van der Waals surface area contributed by atoms with E-state index in [1.54, 1.807) is 54.6 Å². The Hall–Kier alpha value is -5.91. The van der Waals surface area contributed by atoms with Crippen LogP contribution in [-0.2, 0) is 15.7 Å². The summed E-state index contributed by atoms with van der Waals surface area (Å²) < 4.78 is 83.3. The molecule has 0 aliphatic rings. The van der Waals surface area contributed by atoms with Gasteiger partial charge >= 0.3 is 18.3 Å². The number of halogens is 6. The predicted molar refractivity (Wildman–Crippen MR) is 180 cm³/mol. The molecule has 0 fully saturated rings. The smallest absolute Gasteiger partial charge is 0.416 e. The third kappa shape index (κ3) is 9.62. The maximum Gasteiger partial charge on any atom is 0.416 e. The minimum Gasteiger partial charge on any atom is -0.462 e. The molecule has 2 N–H and O–H groups in total. The van der Waals surface area contributed by atoms with E-state index < -0.39 is 48.2 Å². The van der Waals surface area contributed by atoms with Gasteiger partial charge in [-0.25, -0.2) is 4.79 Å². The molecule has 0 radical (unpaired) electrons. The number of esters is 1. The largest absolute Gasteiger partial charge is 0.462 e. The van der Waals surface area contributed by atoms with Gasteiger partial charge in [-0.15, -0.1) is 0 Å². The molecule has 0 bridgehead atoms. The molecule has 12 heteroatoms. The van der Waals surface area contributed by atoms with E-state index in [1.807, 2.05) is 23.5 Å². The van der Waals surface area contributed by atoms with E-state index in [-0.39, 0.29) is 24.2 Å². The third-order valence-electron chi connectivity index (χ3n) is 7.91. The lowest BCUT2D eigenvalue weighted by atomic mass is 9.88. The maximum atomic E-state index is 13.2. The first-order chi connectivity index (χ1) is 24.3. The molecule has 262 valence electrons. The Morgan fingerprint density at radius 3 is 1.88 bits per heavy atom. The highest BCUT2D eigenvalue weighted by molar-refractivity contribution is 6.08. The van der Waals surface area contributed by atoms with E-state index in [4.69, 9.17) is 4.74 Å². The standard InChI is InChI=1S/C39H30F6N2O4/c40-38(41,42)24-46-35(48)34(32-12-6-4-10-30(32)25-8-2-1-3-9-25)22-23-51-37(50)27-16-20-29(21-17-27)47-36(49)33-13-7-5-11-31(33)26-14-18-28(19-15-26)39(43,44)45/h1-21,34H,22-24H2,(H,46,48)(H,47,49). The van der Waals surface area contributed by atoms with Crippen LogP contribution in [0.25, 0.3) is 22.3 Å². The van der Waals surface area contributed by atoms with E-state index >= 15 is 0 Å². The third-order valence-corrected chi connectivity index (χ3v) is 7.91. The first-order valence-electron chi connectivity index (χ1n) is 15.6. The molecule has 1 unspecified atom stereocenters. The number of amides is 2. The van der Waals surface area contributed by atoms with Crippen molar-refractivity contribution in [2.75, 3.05) is 18.5 Å². The van der Waals surface area contributed by atoms with Crippen LogP contribution in [0.5, 0.6) is 0 Å². The molecule has 0 saturated carbocycles. The van der Waals surface area contributed by atoms with Gasteiger partial charge in [0.2, 0.25) is 5.91 Å². The highest BCUT2D eigenvalue weighted by atomic mass is 19.4. The van der Waals surface area contributed by atoms with Crippen molar-refractivity contribution < 1.29 is 45.5 Å². The normalized spacial score (nSPS) is 12.1. The molecule has 0 aliphatic heterocycles. The van der Waals surface area contributed by atoms with E-state index in [0.717, 1.165) is 17.7 Å². The summed E-state index contributed by atoms with van der Waals surface area (Å²) in [6, 6.07) is 32.4. The van der Waals surface area contributed by atoms with Gasteiger partial charge in [-0.3, -0.25) is 9.59 Å². The summed E-state index contributed by atoms with van der Waals surface area (Å²) in [5, 5.41) is 4.65. The molecule has 6 nitrogen and oxygen atoms in total. The van der Waals surface area contributed by atoms with E-state index in [1.165, 1.54) is 42.5 Å². The molecule has 0 spiro atoms. The molecule has 1 atom stereocenters. The van der Waals surface area contributed by atoms with Crippen molar-refractivity contribution in [2.24, 2.45) is 0 Å². The number of benzene rings is 5. The lowest BCUT2D eigenvalue weighted by Gasteiger charge is -2.21. The lowest BCUT2D eigenvalue weighted by molar-refractivity contribution is -0.139. The molecule has 0 heterocycles. The van der Waals surface area contributed by atoms with Crippen molar-refractivity contribution in [3.05, 3.63) is 150 Å². The number of ether oxygens (including phenoxy) is 1. The molecule has 51 heavy (non-hydrogen) atoms. The molecular formula is C39H30F6N2O4. The Bertz CT molecular complexity index is 1980. The van der Waals surface area contributed by atoms with Gasteiger partial charge in [-0.1, -0.05) is 84.9 Å². The second-order valence-electron chi connectivity index (χ2n) is 11.4. The number of carbonyl (C=O) groups is 3. The van der Waals surface area contributed by atoms with Crippen LogP contribution in [-0.4, -0.2) is 37.1 Å². The SMILES string of the molecule is O=C(OCCC(C(=O)NCC(F)(F)F)c1ccccc1-c1ccccc1)c1ccc(NC(=O)c2ccccc2-c2ccc(C(F)(F)F)cc2)cc1. The number of alkyl halides is 6. The van der Waals surface area contributed by atoms with Crippen molar-refractivity contribution in [3.63, 3.8) is 0 Å². The van der Waals surface area contributed by atoms with Crippen LogP contribution in [0.1, 0.15) is 44.2 Å². The summed E-state index contributed by atoms with van der Waals surface area (Å²) in [4.78, 5) is 39.1. The Labute approximate surface area is 289 Å². The number of nitrogens with one attached hydrogen (secondary N) is 2. The molecule has 5 rings (SSSR count). The van der Waals surface area contributed by atoms with Crippen LogP contribution >= 0.6 is 0 Å². The van der Waals surface area contributed by atoms with Crippen LogP contribution in [0.3, 0.4) is 0 Å². The second-order valence-corrected chi connectivity index (χ2v) is 11.4. The molecular weight excluding hydrogens is 674 g/mol. The second kappa shape index (κ2) is 15.8. The summed E-state index contributed by atoms with van der Waals surface area (Å²) in [6.07, 6.45) is -9.22. The Morgan fingerprint density at radius 2 is 1.24 bits per heavy atom. The van der Waals surface area contributed by atoms with Gasteiger partial charge in [0, 0.05) is 11.3 Å². The number of anilines is 1. The van der Waals surface area contributed by atoms with Gasteiger partial charge in [-0.2, -0.15) is 26.3 Å². The first kappa shape index (κ1) is 36.4. The Kier molecular flexibility index (Phi) is 11.2. The van der Waals surface area contributed by atoms with E-state index in [2.05, 4.69) is 5.32 Å². The van der Waals surface area contributed by atoms with Crippen molar-refractivity contribution in [2.45, 2.75) is 24.7 Å². The lowest BCUT2D eigenvalue weighted by Crippen LogP contribution is -2.37. The van der Waals surface area contributed by atoms with Gasteiger partial charge in [0.25, 0.3) is 5.91 Å². The molecule has 2 amide bonds. The maximum absolute atomic E-state index is 13.2. The van der Waals surface area contributed by atoms with Gasteiger partial charge < -0.3 is 15.4 Å². The topological polar surface area (TPSA) is 84.5 Å². The zero-order valence-electron chi connectivity index (χ0n) is 26.7. The van der Waals surface area contributed by atoms with Crippen molar-refractivity contribution >= 4 is 23.5 Å². The number of hydrogen-bond donors (Lipinski definition) is 2. The van der Waals surface area contributed by atoms with Gasteiger partial charge in [0.15, 0.2) is 0 Å². The quantitative estimate of drug-likeness (QED) is 0.106. The van der Waals surface area contributed by atoms with E-state index in [0.29, 0.717) is 27.9 Å². The fraction of sp³-hybridized carbons (Fsp3) is 0.154. The fourth-order valence-corrected chi connectivity index (χ4v) is 5.43. The fourth-order valence-electron chi connectivity index (χ4n) is 5.43. The Balaban J connectivity index is 1.24. The minimum atomic E-state index is -4.62. The molecule has 0 saturated heterocycles. The van der Waals surface area contributed by atoms with Gasteiger partial charge in [-0.05, 0) is 76.7 Å². The van der Waals surface area contributed by atoms with Gasteiger partial charge in [0.05, 0.1) is 23.7 Å². The summed E-state index contributed by atoms with van der Waals surface area (Å²) in [5.41, 5.74) is 2.54. The monoisotopic (exact) mass is 704 g/mol. The van der Waals surface area contributed by atoms with Crippen LogP contribution < -0.4 is 10.6 Å².